The van der Waals surface area contributed by atoms with Crippen molar-refractivity contribution in [3.63, 3.8) is 0 Å². The zero-order chi connectivity index (χ0) is 24.2. The number of anilines is 1. The molecule has 0 spiro atoms. The van der Waals surface area contributed by atoms with Gasteiger partial charge < -0.3 is 20.4 Å². The number of aromatic nitrogens is 3. The van der Waals surface area contributed by atoms with Crippen molar-refractivity contribution in [2.45, 2.75) is 50.2 Å². The van der Waals surface area contributed by atoms with E-state index >= 15 is 0 Å². The Morgan fingerprint density at radius 2 is 1.91 bits per heavy atom. The van der Waals surface area contributed by atoms with Crippen molar-refractivity contribution in [3.8, 4) is 5.75 Å². The predicted octanol–water partition coefficient (Wildman–Crippen LogP) is 4.34. The maximum Gasteiger partial charge on any atom is 0.321 e. The monoisotopic (exact) mass is 472 g/mol. The number of para-hydroxylation sites is 1. The number of aliphatic hydroxyl groups is 1. The van der Waals surface area contributed by atoms with Crippen LogP contribution in [0.25, 0.3) is 21.8 Å². The van der Waals surface area contributed by atoms with E-state index in [4.69, 9.17) is 9.84 Å². The fraction of sp³-hybridized carbons (Fsp3) is 0.370. The van der Waals surface area contributed by atoms with Gasteiger partial charge in [-0.25, -0.2) is 0 Å². The number of amides is 1. The molecule has 0 aliphatic heterocycles. The van der Waals surface area contributed by atoms with Gasteiger partial charge in [0.2, 0.25) is 5.52 Å². The lowest BCUT2D eigenvalue weighted by Crippen LogP contribution is -2.37. The van der Waals surface area contributed by atoms with Gasteiger partial charge in [0.1, 0.15) is 5.75 Å². The first-order chi connectivity index (χ1) is 16.9. The van der Waals surface area contributed by atoms with E-state index in [0.717, 1.165) is 54.8 Å². The summed E-state index contributed by atoms with van der Waals surface area (Å²) < 4.78 is 8.16. The van der Waals surface area contributed by atoms with Gasteiger partial charge >= 0.3 is 5.91 Å². The van der Waals surface area contributed by atoms with Gasteiger partial charge in [0.05, 0.1) is 30.0 Å². The molecule has 0 atom stereocenters. The van der Waals surface area contributed by atoms with E-state index in [0.29, 0.717) is 27.6 Å². The van der Waals surface area contributed by atoms with Crippen molar-refractivity contribution in [3.05, 3.63) is 65.6 Å². The van der Waals surface area contributed by atoms with Crippen LogP contribution in [-0.4, -0.2) is 33.5 Å². The number of rotatable bonds is 5. The zero-order valence-electron chi connectivity index (χ0n) is 19.6. The molecule has 35 heavy (non-hydrogen) atoms. The summed E-state index contributed by atoms with van der Waals surface area (Å²) in [7, 11) is 1.54. The van der Waals surface area contributed by atoms with Gasteiger partial charge in [0.25, 0.3) is 5.69 Å². The SMILES string of the molecule is COc1cc2nn(C3CCC(O)(C4CC4)CC3)cc2cc1NC(=O)c1ccc2ccccc2[n+]1[O-]. The van der Waals surface area contributed by atoms with Crippen molar-refractivity contribution >= 4 is 33.4 Å². The molecule has 0 bridgehead atoms. The Labute approximate surface area is 202 Å². The average molecular weight is 473 g/mol. The van der Waals surface area contributed by atoms with Crippen LogP contribution < -0.4 is 14.8 Å². The van der Waals surface area contributed by atoms with Crippen molar-refractivity contribution < 1.29 is 19.4 Å². The zero-order valence-corrected chi connectivity index (χ0v) is 19.6. The molecule has 2 saturated carbocycles. The van der Waals surface area contributed by atoms with Crippen LogP contribution in [0.4, 0.5) is 5.69 Å². The second-order valence-corrected chi connectivity index (χ2v) is 9.86. The van der Waals surface area contributed by atoms with Gasteiger partial charge in [-0.05, 0) is 62.6 Å². The molecule has 0 radical (unpaired) electrons. The van der Waals surface area contributed by atoms with Gasteiger partial charge in [-0.15, -0.1) is 0 Å². The van der Waals surface area contributed by atoms with E-state index in [1.54, 1.807) is 24.3 Å². The van der Waals surface area contributed by atoms with Crippen LogP contribution in [0.5, 0.6) is 5.75 Å². The van der Waals surface area contributed by atoms with E-state index < -0.39 is 11.5 Å². The molecule has 2 heterocycles. The molecule has 0 unspecified atom stereocenters. The Balaban J connectivity index is 1.26. The Morgan fingerprint density at radius 3 is 2.66 bits per heavy atom. The molecule has 0 saturated heterocycles. The Hall–Kier alpha value is -3.65. The first-order valence-electron chi connectivity index (χ1n) is 12.2. The fourth-order valence-electron chi connectivity index (χ4n) is 5.46. The lowest BCUT2D eigenvalue weighted by molar-refractivity contribution is -0.579. The number of pyridine rings is 1. The maximum absolute atomic E-state index is 13.0. The lowest BCUT2D eigenvalue weighted by atomic mass is 9.79. The molecule has 6 rings (SSSR count). The standard InChI is InChI=1S/C27H28N4O4/c1-35-25-15-21-18(16-30(29-21)20-10-12-27(33,13-11-20)19-7-8-19)14-22(25)28-26(32)24-9-6-17-4-2-3-5-23(17)31(24)34/h2-6,9,14-16,19-20,33H,7-8,10-13H2,1H3,(H,28,32). The third-order valence-electron chi connectivity index (χ3n) is 7.65. The average Bonchev–Trinajstić information content (AvgIpc) is 3.65. The second kappa shape index (κ2) is 8.23. The van der Waals surface area contributed by atoms with E-state index in [-0.39, 0.29) is 11.7 Å². The predicted molar refractivity (Wildman–Crippen MR) is 132 cm³/mol. The minimum atomic E-state index is -0.512. The molecule has 8 heteroatoms. The van der Waals surface area contributed by atoms with E-state index in [1.165, 1.54) is 13.2 Å². The maximum atomic E-state index is 13.0. The first kappa shape index (κ1) is 21.9. The highest BCUT2D eigenvalue weighted by molar-refractivity contribution is 6.04. The number of hydrogen-bond acceptors (Lipinski definition) is 5. The molecule has 2 aromatic carbocycles. The summed E-state index contributed by atoms with van der Waals surface area (Å²) in [5.41, 5.74) is 1.19. The highest BCUT2D eigenvalue weighted by Gasteiger charge is 2.45. The summed E-state index contributed by atoms with van der Waals surface area (Å²) in [5, 5.41) is 32.9. The molecule has 2 aliphatic carbocycles. The molecule has 4 aromatic rings. The third kappa shape index (κ3) is 3.87. The first-order valence-corrected chi connectivity index (χ1v) is 12.2. The summed E-state index contributed by atoms with van der Waals surface area (Å²) in [5.74, 6) is 0.439. The van der Waals surface area contributed by atoms with Gasteiger partial charge in [0, 0.05) is 35.2 Å². The number of benzene rings is 2. The van der Waals surface area contributed by atoms with Crippen molar-refractivity contribution in [2.75, 3.05) is 12.4 Å². The molecular weight excluding hydrogens is 444 g/mol. The lowest BCUT2D eigenvalue weighted by Gasteiger charge is -2.36. The second-order valence-electron chi connectivity index (χ2n) is 9.86. The smallest absolute Gasteiger partial charge is 0.321 e. The minimum Gasteiger partial charge on any atom is -0.618 e. The van der Waals surface area contributed by atoms with Gasteiger partial charge in [-0.1, -0.05) is 12.1 Å². The van der Waals surface area contributed by atoms with Crippen LogP contribution in [0.15, 0.2) is 54.7 Å². The van der Waals surface area contributed by atoms with E-state index in [1.807, 2.05) is 29.1 Å². The molecule has 1 amide bonds. The van der Waals surface area contributed by atoms with Crippen molar-refractivity contribution in [1.82, 2.24) is 9.78 Å². The fourth-order valence-corrected chi connectivity index (χ4v) is 5.46. The van der Waals surface area contributed by atoms with Crippen LogP contribution >= 0.6 is 0 Å². The largest absolute Gasteiger partial charge is 0.618 e. The van der Waals surface area contributed by atoms with Crippen LogP contribution in [0, 0.1) is 11.1 Å². The topological polar surface area (TPSA) is 103 Å². The summed E-state index contributed by atoms with van der Waals surface area (Å²) in [6.07, 6.45) is 7.69. The Bertz CT molecular complexity index is 1430. The number of nitrogens with one attached hydrogen (secondary N) is 1. The number of methoxy groups -OCH3 is 1. The highest BCUT2D eigenvalue weighted by atomic mass is 16.5. The van der Waals surface area contributed by atoms with Gasteiger partial charge in [0.15, 0.2) is 0 Å². The van der Waals surface area contributed by atoms with Gasteiger partial charge in [-0.2, -0.15) is 9.83 Å². The normalized spacial score (nSPS) is 22.4. The third-order valence-corrected chi connectivity index (χ3v) is 7.65. The van der Waals surface area contributed by atoms with E-state index in [9.17, 15) is 15.1 Å². The summed E-state index contributed by atoms with van der Waals surface area (Å²) in [6, 6.07) is 14.3. The van der Waals surface area contributed by atoms with Crippen LogP contribution in [0.3, 0.4) is 0 Å². The number of hydrogen-bond donors (Lipinski definition) is 2. The number of carbonyl (C=O) groups excluding carboxylic acids is 1. The highest BCUT2D eigenvalue weighted by Crippen LogP contribution is 2.49. The quantitative estimate of drug-likeness (QED) is 0.332. The number of ether oxygens (including phenoxy) is 1. The van der Waals surface area contributed by atoms with E-state index in [2.05, 4.69) is 5.32 Å². The number of nitrogens with zero attached hydrogens (tertiary/aromatic N) is 3. The van der Waals surface area contributed by atoms with Crippen molar-refractivity contribution in [2.24, 2.45) is 5.92 Å². The number of carbonyl (C=O) groups is 1. The Morgan fingerprint density at radius 1 is 1.14 bits per heavy atom. The summed E-state index contributed by atoms with van der Waals surface area (Å²) in [6.45, 7) is 0. The van der Waals surface area contributed by atoms with Gasteiger partial charge in [-0.3, -0.25) is 9.48 Å². The number of fused-ring (bicyclic) bond motifs is 2. The molecule has 180 valence electrons. The molecule has 2 N–H and O–H groups in total. The molecule has 2 fully saturated rings. The van der Waals surface area contributed by atoms with Crippen molar-refractivity contribution in [1.29, 1.82) is 0 Å². The minimum absolute atomic E-state index is 0.00639. The van der Waals surface area contributed by atoms with Crippen LogP contribution in [0.1, 0.15) is 55.1 Å². The molecular formula is C27H28N4O4. The molecule has 2 aliphatic rings. The molecule has 2 aromatic heterocycles. The summed E-state index contributed by atoms with van der Waals surface area (Å²) in [4.78, 5) is 13.0. The summed E-state index contributed by atoms with van der Waals surface area (Å²) >= 11 is 0. The van der Waals surface area contributed by atoms with Crippen LogP contribution in [-0.2, 0) is 0 Å². The Kier molecular flexibility index (Phi) is 5.14. The molecule has 8 nitrogen and oxygen atoms in total. The van der Waals surface area contributed by atoms with Crippen LogP contribution in [0.2, 0.25) is 0 Å².